The zero-order valence-electron chi connectivity index (χ0n) is 18.1. The molecular formula is C24H16N4O6S. The summed E-state index contributed by atoms with van der Waals surface area (Å²) in [4.78, 5) is 47.1. The molecule has 0 radical (unpaired) electrons. The summed E-state index contributed by atoms with van der Waals surface area (Å²) in [5.74, 6) is -1.74. The third kappa shape index (κ3) is 3.77. The first-order chi connectivity index (χ1) is 16.9. The molecular weight excluding hydrogens is 472 g/mol. The summed E-state index contributed by atoms with van der Waals surface area (Å²) in [6.07, 6.45) is 1.44. The molecule has 1 fully saturated rings. The number of benzene rings is 2. The van der Waals surface area contributed by atoms with Gasteiger partial charge in [0.2, 0.25) is 0 Å². The van der Waals surface area contributed by atoms with Crippen molar-refractivity contribution in [2.75, 3.05) is 12.0 Å². The molecule has 1 aliphatic heterocycles. The van der Waals surface area contributed by atoms with E-state index in [2.05, 4.69) is 9.97 Å². The number of ether oxygens (including phenoxy) is 1. The summed E-state index contributed by atoms with van der Waals surface area (Å²) in [5.41, 5.74) is 0.490. The van der Waals surface area contributed by atoms with Gasteiger partial charge in [-0.15, -0.1) is 0 Å². The fourth-order valence-corrected chi connectivity index (χ4v) is 4.94. The third-order valence-electron chi connectivity index (χ3n) is 5.54. The number of carbonyl (C=O) groups excluding carboxylic acids is 2. The second kappa shape index (κ2) is 8.61. The van der Waals surface area contributed by atoms with Crippen molar-refractivity contribution in [2.24, 2.45) is 0 Å². The van der Waals surface area contributed by atoms with E-state index in [1.807, 2.05) is 0 Å². The highest BCUT2D eigenvalue weighted by Gasteiger charge is 2.48. The fraction of sp³-hybridized carbons (Fsp3) is 0.0833. The number of ketones is 1. The van der Waals surface area contributed by atoms with E-state index in [0.29, 0.717) is 16.0 Å². The van der Waals surface area contributed by atoms with E-state index >= 15 is 0 Å². The number of rotatable bonds is 5. The first-order valence-electron chi connectivity index (χ1n) is 10.3. The van der Waals surface area contributed by atoms with Crippen LogP contribution >= 0.6 is 11.3 Å². The van der Waals surface area contributed by atoms with Gasteiger partial charge in [0.25, 0.3) is 11.5 Å². The number of hydrogen-bond acceptors (Lipinski definition) is 9. The van der Waals surface area contributed by atoms with Crippen molar-refractivity contribution in [1.82, 2.24) is 9.97 Å². The lowest BCUT2D eigenvalue weighted by atomic mass is 9.96. The highest BCUT2D eigenvalue weighted by atomic mass is 32.1. The summed E-state index contributed by atoms with van der Waals surface area (Å²) in [6.45, 7) is 0. The SMILES string of the molecule is COc1ccc2nc(N3C(=O)C(=O)C(=C(O)c4ccccn4)C3c3cccc([N+](=O)[O-])c3)sc2c1. The van der Waals surface area contributed by atoms with Crippen LogP contribution in [0.4, 0.5) is 10.8 Å². The Labute approximate surface area is 201 Å². The Morgan fingerprint density at radius 2 is 1.97 bits per heavy atom. The van der Waals surface area contributed by atoms with Gasteiger partial charge in [0.05, 0.1) is 33.9 Å². The Morgan fingerprint density at radius 3 is 2.69 bits per heavy atom. The van der Waals surface area contributed by atoms with Crippen molar-refractivity contribution in [3.05, 3.63) is 93.8 Å². The minimum atomic E-state index is -1.15. The molecule has 0 bridgehead atoms. The number of nitrogens with zero attached hydrogens (tertiary/aromatic N) is 4. The van der Waals surface area contributed by atoms with Gasteiger partial charge in [-0.1, -0.05) is 29.5 Å². The number of Topliss-reactive ketones (excluding diaryl/α,β-unsaturated/α-hetero) is 1. The Kier molecular flexibility index (Phi) is 5.46. The van der Waals surface area contributed by atoms with Gasteiger partial charge >= 0.3 is 5.91 Å². The molecule has 1 atom stereocenters. The van der Waals surface area contributed by atoms with Gasteiger partial charge in [-0.3, -0.25) is 29.6 Å². The maximum Gasteiger partial charge on any atom is 0.301 e. The van der Waals surface area contributed by atoms with Gasteiger partial charge in [-0.2, -0.15) is 0 Å². The largest absolute Gasteiger partial charge is 0.505 e. The van der Waals surface area contributed by atoms with Crippen molar-refractivity contribution in [2.45, 2.75) is 6.04 Å². The molecule has 0 aliphatic carbocycles. The lowest BCUT2D eigenvalue weighted by molar-refractivity contribution is -0.384. The van der Waals surface area contributed by atoms with E-state index in [0.717, 1.165) is 16.2 Å². The lowest BCUT2D eigenvalue weighted by Gasteiger charge is -2.22. The zero-order chi connectivity index (χ0) is 24.7. The summed E-state index contributed by atoms with van der Waals surface area (Å²) < 4.78 is 5.96. The van der Waals surface area contributed by atoms with E-state index in [1.165, 1.54) is 37.6 Å². The predicted octanol–water partition coefficient (Wildman–Crippen LogP) is 4.23. The molecule has 3 heterocycles. The molecule has 5 rings (SSSR count). The average molecular weight is 488 g/mol. The van der Waals surface area contributed by atoms with Crippen molar-refractivity contribution >= 4 is 49.8 Å². The number of carbonyl (C=O) groups is 2. The molecule has 1 N–H and O–H groups in total. The lowest BCUT2D eigenvalue weighted by Crippen LogP contribution is -2.29. The van der Waals surface area contributed by atoms with Crippen LogP contribution in [0, 0.1) is 10.1 Å². The summed E-state index contributed by atoms with van der Waals surface area (Å²) in [6, 6.07) is 14.4. The number of amides is 1. The molecule has 1 saturated heterocycles. The van der Waals surface area contributed by atoms with Gasteiger partial charge in [0.1, 0.15) is 11.4 Å². The maximum atomic E-state index is 13.3. The van der Waals surface area contributed by atoms with Gasteiger partial charge in [-0.05, 0) is 35.9 Å². The van der Waals surface area contributed by atoms with Gasteiger partial charge in [0, 0.05) is 18.3 Å². The molecule has 1 unspecified atom stereocenters. The van der Waals surface area contributed by atoms with E-state index in [1.54, 1.807) is 36.4 Å². The monoisotopic (exact) mass is 488 g/mol. The van der Waals surface area contributed by atoms with Gasteiger partial charge in [-0.25, -0.2) is 4.98 Å². The number of methoxy groups -OCH3 is 1. The Hall–Kier alpha value is -4.64. The van der Waals surface area contributed by atoms with Crippen molar-refractivity contribution in [3.63, 3.8) is 0 Å². The standard InChI is InChI=1S/C24H16N4O6S/c1-34-15-8-9-16-18(12-15)35-24(26-16)27-20(13-5-4-6-14(11-13)28(32)33)19(22(30)23(27)31)21(29)17-7-2-3-10-25-17/h2-12,20,29H,1H3. The molecule has 174 valence electrons. The van der Waals surface area contributed by atoms with Crippen molar-refractivity contribution in [1.29, 1.82) is 0 Å². The molecule has 10 nitrogen and oxygen atoms in total. The highest BCUT2D eigenvalue weighted by molar-refractivity contribution is 7.22. The van der Waals surface area contributed by atoms with Crippen LogP contribution in [-0.4, -0.2) is 38.8 Å². The van der Waals surface area contributed by atoms with Crippen molar-refractivity contribution < 1.29 is 24.4 Å². The topological polar surface area (TPSA) is 136 Å². The van der Waals surface area contributed by atoms with Crippen LogP contribution in [0.2, 0.25) is 0 Å². The molecule has 2 aromatic carbocycles. The second-order valence-electron chi connectivity index (χ2n) is 7.57. The summed E-state index contributed by atoms with van der Waals surface area (Å²) in [5, 5.41) is 22.7. The van der Waals surface area contributed by atoms with Crippen molar-refractivity contribution in [3.8, 4) is 5.75 Å². The zero-order valence-corrected chi connectivity index (χ0v) is 18.9. The quantitative estimate of drug-likeness (QED) is 0.145. The van der Waals surface area contributed by atoms with Crippen LogP contribution in [0.1, 0.15) is 17.3 Å². The van der Waals surface area contributed by atoms with Crippen LogP contribution in [0.5, 0.6) is 5.75 Å². The van der Waals surface area contributed by atoms with Crippen LogP contribution in [0.15, 0.2) is 72.4 Å². The molecule has 0 spiro atoms. The average Bonchev–Trinajstić information content (AvgIpc) is 3.41. The number of aromatic nitrogens is 2. The molecule has 0 saturated carbocycles. The summed E-state index contributed by atoms with van der Waals surface area (Å²) >= 11 is 1.16. The molecule has 11 heteroatoms. The first-order valence-corrected chi connectivity index (χ1v) is 11.1. The fourth-order valence-electron chi connectivity index (χ4n) is 3.92. The Balaban J connectivity index is 1.74. The third-order valence-corrected chi connectivity index (χ3v) is 6.56. The molecule has 2 aromatic heterocycles. The van der Waals surface area contributed by atoms with E-state index < -0.39 is 28.4 Å². The van der Waals surface area contributed by atoms with Crippen LogP contribution in [0.3, 0.4) is 0 Å². The number of aliphatic hydroxyl groups excluding tert-OH is 1. The number of thiazole rings is 1. The highest BCUT2D eigenvalue weighted by Crippen LogP contribution is 2.44. The molecule has 4 aromatic rings. The molecule has 1 aliphatic rings. The van der Waals surface area contributed by atoms with Crippen LogP contribution in [-0.2, 0) is 9.59 Å². The second-order valence-corrected chi connectivity index (χ2v) is 8.58. The number of aliphatic hydroxyl groups is 1. The number of nitro groups is 1. The van der Waals surface area contributed by atoms with Gasteiger partial charge < -0.3 is 9.84 Å². The molecule has 35 heavy (non-hydrogen) atoms. The smallest absolute Gasteiger partial charge is 0.301 e. The minimum Gasteiger partial charge on any atom is -0.505 e. The number of non-ortho nitro benzene ring substituents is 1. The number of pyridine rings is 1. The Bertz CT molecular complexity index is 1530. The Morgan fingerprint density at radius 1 is 1.14 bits per heavy atom. The normalized spacial score (nSPS) is 17.2. The number of fused-ring (bicyclic) bond motifs is 1. The maximum absolute atomic E-state index is 13.3. The number of anilines is 1. The molecule has 1 amide bonds. The van der Waals surface area contributed by atoms with E-state index in [9.17, 15) is 24.8 Å². The van der Waals surface area contributed by atoms with E-state index in [-0.39, 0.29) is 27.6 Å². The van der Waals surface area contributed by atoms with Crippen LogP contribution < -0.4 is 9.64 Å². The number of nitro benzene ring substituents is 1. The first kappa shape index (κ1) is 22.2. The number of hydrogen-bond donors (Lipinski definition) is 1. The summed E-state index contributed by atoms with van der Waals surface area (Å²) in [7, 11) is 1.53. The van der Waals surface area contributed by atoms with Crippen LogP contribution in [0.25, 0.3) is 16.0 Å². The predicted molar refractivity (Wildman–Crippen MR) is 128 cm³/mol. The van der Waals surface area contributed by atoms with E-state index in [4.69, 9.17) is 4.74 Å². The van der Waals surface area contributed by atoms with Gasteiger partial charge in [0.15, 0.2) is 10.9 Å². The minimum absolute atomic E-state index is 0.0926.